The van der Waals surface area contributed by atoms with Gasteiger partial charge in [-0.25, -0.2) is 13.2 Å². The van der Waals surface area contributed by atoms with E-state index in [9.17, 15) is 23.1 Å². The van der Waals surface area contributed by atoms with Gasteiger partial charge in [0.05, 0.1) is 21.8 Å². The zero-order valence-electron chi connectivity index (χ0n) is 15.3. The first kappa shape index (κ1) is 20.0. The molecule has 0 aliphatic rings. The molecule has 29 heavy (non-hydrogen) atoms. The number of aromatic carboxylic acids is 1. The smallest absolute Gasteiger partial charge is 0.335 e. The van der Waals surface area contributed by atoms with Crippen LogP contribution >= 0.6 is 0 Å². The molecule has 0 fully saturated rings. The Hall–Kier alpha value is -3.72. The van der Waals surface area contributed by atoms with Crippen LogP contribution in [-0.4, -0.2) is 30.4 Å². The molecule has 0 saturated carbocycles. The number of hydrogen-bond acceptors (Lipinski definition) is 5. The second-order valence-electron chi connectivity index (χ2n) is 6.12. The molecule has 1 aromatic heterocycles. The van der Waals surface area contributed by atoms with Crippen molar-refractivity contribution in [1.29, 1.82) is 0 Å². The number of anilines is 2. The van der Waals surface area contributed by atoms with Crippen molar-refractivity contribution in [3.05, 3.63) is 83.7 Å². The summed E-state index contributed by atoms with van der Waals surface area (Å²) in [6.07, 6.45) is 2.95. The summed E-state index contributed by atoms with van der Waals surface area (Å²) < 4.78 is 27.9. The molecular weight excluding hydrogens is 394 g/mol. The molecule has 0 saturated heterocycles. The third kappa shape index (κ3) is 4.58. The van der Waals surface area contributed by atoms with Crippen LogP contribution in [0, 0.1) is 6.92 Å². The second kappa shape index (κ2) is 8.11. The molecule has 3 N–H and O–H groups in total. The average molecular weight is 411 g/mol. The number of sulfonamides is 1. The molecule has 0 unspecified atom stereocenters. The number of para-hydroxylation sites is 2. The van der Waals surface area contributed by atoms with Crippen LogP contribution in [0.25, 0.3) is 0 Å². The summed E-state index contributed by atoms with van der Waals surface area (Å²) in [5.74, 6) is -1.65. The number of pyridine rings is 1. The second-order valence-corrected chi connectivity index (χ2v) is 7.81. The molecular formula is C20H17N3O5S. The van der Waals surface area contributed by atoms with E-state index in [0.717, 1.165) is 6.07 Å². The van der Waals surface area contributed by atoms with E-state index in [2.05, 4.69) is 15.0 Å². The number of nitrogens with one attached hydrogen (secondary N) is 2. The maximum atomic E-state index is 12.8. The fourth-order valence-corrected chi connectivity index (χ4v) is 3.69. The van der Waals surface area contributed by atoms with Gasteiger partial charge in [0.15, 0.2) is 0 Å². The van der Waals surface area contributed by atoms with Gasteiger partial charge in [0.2, 0.25) is 0 Å². The van der Waals surface area contributed by atoms with E-state index in [1.54, 1.807) is 25.1 Å². The predicted molar refractivity (Wildman–Crippen MR) is 108 cm³/mol. The molecule has 148 valence electrons. The highest BCUT2D eigenvalue weighted by Gasteiger charge is 2.19. The Balaban J connectivity index is 1.90. The Kier molecular flexibility index (Phi) is 5.60. The monoisotopic (exact) mass is 411 g/mol. The number of amides is 1. The van der Waals surface area contributed by atoms with E-state index in [0.29, 0.717) is 11.1 Å². The van der Waals surface area contributed by atoms with Crippen molar-refractivity contribution in [2.24, 2.45) is 0 Å². The molecule has 2 aromatic carbocycles. The Labute approximate surface area is 167 Å². The molecule has 3 rings (SSSR count). The number of benzene rings is 2. The Bertz CT molecular complexity index is 1180. The van der Waals surface area contributed by atoms with Crippen LogP contribution in [0.1, 0.15) is 26.3 Å². The molecule has 0 aliphatic heterocycles. The minimum absolute atomic E-state index is 0.104. The fraction of sp³-hybridized carbons (Fsp3) is 0.0500. The first-order valence-corrected chi connectivity index (χ1v) is 9.93. The number of carboxylic acids is 1. The quantitative estimate of drug-likeness (QED) is 0.572. The lowest BCUT2D eigenvalue weighted by Crippen LogP contribution is -2.17. The maximum absolute atomic E-state index is 12.8. The van der Waals surface area contributed by atoms with Crippen LogP contribution in [0.2, 0.25) is 0 Å². The van der Waals surface area contributed by atoms with E-state index in [-0.39, 0.29) is 21.8 Å². The summed E-state index contributed by atoms with van der Waals surface area (Å²) in [7, 11) is -4.08. The highest BCUT2D eigenvalue weighted by molar-refractivity contribution is 7.92. The number of carbonyl (C=O) groups is 2. The van der Waals surface area contributed by atoms with E-state index in [1.165, 1.54) is 42.7 Å². The highest BCUT2D eigenvalue weighted by Crippen LogP contribution is 2.26. The molecule has 1 heterocycles. The summed E-state index contributed by atoms with van der Waals surface area (Å²) in [6.45, 7) is 1.58. The van der Waals surface area contributed by atoms with Crippen molar-refractivity contribution in [2.45, 2.75) is 11.8 Å². The van der Waals surface area contributed by atoms with E-state index in [4.69, 9.17) is 0 Å². The van der Waals surface area contributed by atoms with Crippen LogP contribution in [0.3, 0.4) is 0 Å². The van der Waals surface area contributed by atoms with Crippen LogP contribution in [0.4, 0.5) is 11.4 Å². The van der Waals surface area contributed by atoms with Gasteiger partial charge in [-0.05, 0) is 48.9 Å². The standard InChI is InChI=1S/C20H17N3O5S/c1-13-6-7-15(12-16(13)20(25)26)29(27,28)23-18-5-3-2-4-17(18)22-19(24)14-8-10-21-11-9-14/h2-12,23H,1H3,(H,22,24)(H,25,26). The summed E-state index contributed by atoms with van der Waals surface area (Å²) in [5, 5.41) is 11.9. The lowest BCUT2D eigenvalue weighted by molar-refractivity contribution is 0.0695. The lowest BCUT2D eigenvalue weighted by Gasteiger charge is -2.14. The zero-order chi connectivity index (χ0) is 21.0. The minimum Gasteiger partial charge on any atom is -0.478 e. The normalized spacial score (nSPS) is 10.9. The molecule has 0 bridgehead atoms. The minimum atomic E-state index is -4.08. The number of hydrogen-bond donors (Lipinski definition) is 3. The van der Waals surface area contributed by atoms with Gasteiger partial charge in [-0.3, -0.25) is 14.5 Å². The number of carbonyl (C=O) groups excluding carboxylic acids is 1. The molecule has 0 radical (unpaired) electrons. The van der Waals surface area contributed by atoms with E-state index in [1.807, 2.05) is 0 Å². The van der Waals surface area contributed by atoms with E-state index >= 15 is 0 Å². The number of rotatable bonds is 6. The largest absolute Gasteiger partial charge is 0.478 e. The van der Waals surface area contributed by atoms with Crippen LogP contribution in [0.5, 0.6) is 0 Å². The number of nitrogens with zero attached hydrogens (tertiary/aromatic N) is 1. The Morgan fingerprint density at radius 3 is 2.28 bits per heavy atom. The Morgan fingerprint density at radius 2 is 1.62 bits per heavy atom. The zero-order valence-corrected chi connectivity index (χ0v) is 16.1. The van der Waals surface area contributed by atoms with Gasteiger partial charge in [-0.2, -0.15) is 0 Å². The third-order valence-electron chi connectivity index (χ3n) is 4.11. The van der Waals surface area contributed by atoms with Crippen LogP contribution < -0.4 is 10.0 Å². The van der Waals surface area contributed by atoms with Crippen molar-refractivity contribution >= 4 is 33.3 Å². The van der Waals surface area contributed by atoms with Crippen molar-refractivity contribution in [1.82, 2.24) is 4.98 Å². The average Bonchev–Trinajstić information content (AvgIpc) is 2.70. The first-order chi connectivity index (χ1) is 13.8. The van der Waals surface area contributed by atoms with E-state index < -0.39 is 21.9 Å². The topological polar surface area (TPSA) is 125 Å². The first-order valence-electron chi connectivity index (χ1n) is 8.45. The Morgan fingerprint density at radius 1 is 0.966 bits per heavy atom. The van der Waals surface area contributed by atoms with Gasteiger partial charge < -0.3 is 10.4 Å². The number of carboxylic acid groups (broad SMARTS) is 1. The number of aryl methyl sites for hydroxylation is 1. The molecule has 0 aliphatic carbocycles. The highest BCUT2D eigenvalue weighted by atomic mass is 32.2. The lowest BCUT2D eigenvalue weighted by atomic mass is 10.1. The molecule has 0 atom stereocenters. The van der Waals surface area contributed by atoms with Crippen molar-refractivity contribution < 1.29 is 23.1 Å². The maximum Gasteiger partial charge on any atom is 0.335 e. The summed E-state index contributed by atoms with van der Waals surface area (Å²) in [5.41, 5.74) is 1.10. The SMILES string of the molecule is Cc1ccc(S(=O)(=O)Nc2ccccc2NC(=O)c2ccncc2)cc1C(=O)O. The molecule has 9 heteroatoms. The molecule has 3 aromatic rings. The summed E-state index contributed by atoms with van der Waals surface area (Å²) in [6, 6.07) is 13.2. The van der Waals surface area contributed by atoms with Gasteiger partial charge >= 0.3 is 5.97 Å². The summed E-state index contributed by atoms with van der Waals surface area (Å²) in [4.78, 5) is 27.3. The third-order valence-corrected chi connectivity index (χ3v) is 5.48. The van der Waals surface area contributed by atoms with Gasteiger partial charge in [0, 0.05) is 18.0 Å². The van der Waals surface area contributed by atoms with Crippen molar-refractivity contribution in [3.63, 3.8) is 0 Å². The molecule has 1 amide bonds. The molecule has 0 spiro atoms. The fourth-order valence-electron chi connectivity index (χ4n) is 2.58. The van der Waals surface area contributed by atoms with Gasteiger partial charge in [0.25, 0.3) is 15.9 Å². The van der Waals surface area contributed by atoms with Crippen LogP contribution in [0.15, 0.2) is 71.9 Å². The van der Waals surface area contributed by atoms with Crippen molar-refractivity contribution in [3.8, 4) is 0 Å². The van der Waals surface area contributed by atoms with Crippen LogP contribution in [-0.2, 0) is 10.0 Å². The predicted octanol–water partition coefficient (Wildman–Crippen LogP) is 3.14. The molecule has 8 nitrogen and oxygen atoms in total. The van der Waals surface area contributed by atoms with Gasteiger partial charge in [-0.15, -0.1) is 0 Å². The number of aromatic nitrogens is 1. The summed E-state index contributed by atoms with van der Waals surface area (Å²) >= 11 is 0. The van der Waals surface area contributed by atoms with Gasteiger partial charge in [-0.1, -0.05) is 18.2 Å². The van der Waals surface area contributed by atoms with Gasteiger partial charge in [0.1, 0.15) is 0 Å². The van der Waals surface area contributed by atoms with Crippen molar-refractivity contribution in [2.75, 3.05) is 10.0 Å².